The Labute approximate surface area is 110 Å². The van der Waals surface area contributed by atoms with Crippen LogP contribution >= 0.6 is 11.3 Å². The lowest BCUT2D eigenvalue weighted by Crippen LogP contribution is -2.43. The van der Waals surface area contributed by atoms with E-state index in [-0.39, 0.29) is 18.1 Å². The molecular weight excluding hydrogens is 246 g/mol. The first-order chi connectivity index (χ1) is 8.52. The van der Waals surface area contributed by atoms with Crippen LogP contribution in [0.25, 0.3) is 10.1 Å². The lowest BCUT2D eigenvalue weighted by Gasteiger charge is -2.24. The van der Waals surface area contributed by atoms with Gasteiger partial charge >= 0.3 is 0 Å². The predicted molar refractivity (Wildman–Crippen MR) is 75.1 cm³/mol. The Morgan fingerprint density at radius 3 is 2.78 bits per heavy atom. The molecule has 2 N–H and O–H groups in total. The Hall–Kier alpha value is -1.39. The summed E-state index contributed by atoms with van der Waals surface area (Å²) in [5, 5.41) is 13.0. The van der Waals surface area contributed by atoms with Gasteiger partial charge in [0.25, 0.3) is 5.91 Å². The minimum Gasteiger partial charge on any atom is -0.396 e. The summed E-state index contributed by atoms with van der Waals surface area (Å²) in [7, 11) is 0. The van der Waals surface area contributed by atoms with E-state index in [9.17, 15) is 4.79 Å². The molecule has 0 unspecified atom stereocenters. The fourth-order valence-corrected chi connectivity index (χ4v) is 2.76. The van der Waals surface area contributed by atoms with Crippen LogP contribution in [0.15, 0.2) is 30.3 Å². The number of carbonyl (C=O) groups is 1. The molecule has 3 nitrogen and oxygen atoms in total. The third-order valence-corrected chi connectivity index (χ3v) is 3.95. The number of hydrogen-bond donors (Lipinski definition) is 2. The molecule has 0 aliphatic rings. The van der Waals surface area contributed by atoms with Crippen molar-refractivity contribution >= 4 is 27.3 Å². The first-order valence-electron chi connectivity index (χ1n) is 5.94. The summed E-state index contributed by atoms with van der Waals surface area (Å²) in [6, 6.07) is 9.85. The second-order valence-corrected chi connectivity index (χ2v) is 6.04. The molecule has 2 aromatic rings. The third-order valence-electron chi connectivity index (χ3n) is 2.84. The largest absolute Gasteiger partial charge is 0.396 e. The molecule has 0 fully saturated rings. The van der Waals surface area contributed by atoms with Crippen molar-refractivity contribution in [3.8, 4) is 0 Å². The van der Waals surface area contributed by atoms with E-state index in [0.717, 1.165) is 10.1 Å². The standard InChI is InChI=1S/C14H17NO2S/c1-14(2,7-8-16)15-13(17)12-9-10-5-3-4-6-11(10)18-12/h3-6,9,16H,7-8H2,1-2H3,(H,15,17). The fraction of sp³-hybridized carbons (Fsp3) is 0.357. The smallest absolute Gasteiger partial charge is 0.261 e. The summed E-state index contributed by atoms with van der Waals surface area (Å²) < 4.78 is 1.11. The summed E-state index contributed by atoms with van der Waals surface area (Å²) in [5.74, 6) is -0.0744. The second kappa shape index (κ2) is 5.08. The molecule has 1 aromatic carbocycles. The van der Waals surface area contributed by atoms with Gasteiger partial charge in [0.2, 0.25) is 0 Å². The number of thiophene rings is 1. The molecule has 0 atom stereocenters. The van der Waals surface area contributed by atoms with Crippen molar-refractivity contribution in [1.29, 1.82) is 0 Å². The van der Waals surface area contributed by atoms with Crippen molar-refractivity contribution < 1.29 is 9.90 Å². The Balaban J connectivity index is 2.18. The normalized spacial score (nSPS) is 11.7. The Kier molecular flexibility index (Phi) is 3.68. The molecule has 0 saturated heterocycles. The first kappa shape index (κ1) is 13.1. The van der Waals surface area contributed by atoms with E-state index in [4.69, 9.17) is 5.11 Å². The highest BCUT2D eigenvalue weighted by Gasteiger charge is 2.21. The number of rotatable bonds is 4. The van der Waals surface area contributed by atoms with Crippen molar-refractivity contribution in [1.82, 2.24) is 5.32 Å². The average Bonchev–Trinajstić information content (AvgIpc) is 2.71. The van der Waals surface area contributed by atoms with Crippen LogP contribution in [-0.2, 0) is 0 Å². The molecule has 18 heavy (non-hydrogen) atoms. The van der Waals surface area contributed by atoms with Gasteiger partial charge in [-0.1, -0.05) is 18.2 Å². The van der Waals surface area contributed by atoms with Crippen molar-refractivity contribution in [2.24, 2.45) is 0 Å². The van der Waals surface area contributed by atoms with Crippen LogP contribution in [0.4, 0.5) is 0 Å². The number of hydrogen-bond acceptors (Lipinski definition) is 3. The zero-order valence-electron chi connectivity index (χ0n) is 10.6. The Morgan fingerprint density at radius 1 is 1.39 bits per heavy atom. The summed E-state index contributed by atoms with van der Waals surface area (Å²) in [6.07, 6.45) is 0.545. The molecule has 0 radical (unpaired) electrons. The van der Waals surface area contributed by atoms with Crippen molar-refractivity contribution in [3.05, 3.63) is 35.2 Å². The molecule has 1 heterocycles. The fourth-order valence-electron chi connectivity index (χ4n) is 1.80. The molecule has 2 rings (SSSR count). The maximum absolute atomic E-state index is 12.1. The van der Waals surface area contributed by atoms with Gasteiger partial charge in [0.05, 0.1) is 4.88 Å². The predicted octanol–water partition coefficient (Wildman–Crippen LogP) is 2.79. The van der Waals surface area contributed by atoms with E-state index in [0.29, 0.717) is 11.3 Å². The van der Waals surface area contributed by atoms with E-state index in [1.54, 1.807) is 0 Å². The highest BCUT2D eigenvalue weighted by atomic mass is 32.1. The van der Waals surface area contributed by atoms with Gasteiger partial charge in [-0.2, -0.15) is 0 Å². The van der Waals surface area contributed by atoms with E-state index < -0.39 is 0 Å². The lowest BCUT2D eigenvalue weighted by atomic mass is 10.0. The van der Waals surface area contributed by atoms with Crippen LogP contribution < -0.4 is 5.32 Å². The molecule has 1 amide bonds. The quantitative estimate of drug-likeness (QED) is 0.891. The molecule has 0 saturated carbocycles. The van der Waals surface area contributed by atoms with Crippen molar-refractivity contribution in [2.45, 2.75) is 25.8 Å². The summed E-state index contributed by atoms with van der Waals surface area (Å²) in [4.78, 5) is 12.8. The second-order valence-electron chi connectivity index (χ2n) is 4.96. The van der Waals surface area contributed by atoms with Crippen LogP contribution in [0, 0.1) is 0 Å². The molecule has 1 aromatic heterocycles. The van der Waals surface area contributed by atoms with Gasteiger partial charge in [-0.25, -0.2) is 0 Å². The average molecular weight is 263 g/mol. The zero-order chi connectivity index (χ0) is 13.2. The SMILES string of the molecule is CC(C)(CCO)NC(=O)c1cc2ccccc2s1. The van der Waals surface area contributed by atoms with Crippen LogP contribution in [0.5, 0.6) is 0 Å². The number of carbonyl (C=O) groups excluding carboxylic acids is 1. The van der Waals surface area contributed by atoms with Gasteiger partial charge in [0.15, 0.2) is 0 Å². The van der Waals surface area contributed by atoms with Crippen LogP contribution in [0.3, 0.4) is 0 Å². The van der Waals surface area contributed by atoms with Gasteiger partial charge < -0.3 is 10.4 Å². The van der Waals surface area contributed by atoms with Crippen molar-refractivity contribution in [2.75, 3.05) is 6.61 Å². The summed E-state index contributed by atoms with van der Waals surface area (Å²) in [5.41, 5.74) is -0.387. The number of fused-ring (bicyclic) bond motifs is 1. The topological polar surface area (TPSA) is 49.3 Å². The first-order valence-corrected chi connectivity index (χ1v) is 6.75. The molecule has 0 aliphatic carbocycles. The maximum Gasteiger partial charge on any atom is 0.261 e. The number of aliphatic hydroxyl groups excluding tert-OH is 1. The molecule has 0 bridgehead atoms. The van der Waals surface area contributed by atoms with Gasteiger partial charge in [0.1, 0.15) is 0 Å². The Morgan fingerprint density at radius 2 is 2.11 bits per heavy atom. The van der Waals surface area contributed by atoms with Crippen molar-refractivity contribution in [3.63, 3.8) is 0 Å². The minimum atomic E-state index is -0.387. The summed E-state index contributed by atoms with van der Waals surface area (Å²) >= 11 is 1.49. The van der Waals surface area contributed by atoms with Crippen LogP contribution in [0.2, 0.25) is 0 Å². The van der Waals surface area contributed by atoms with Gasteiger partial charge in [-0.05, 0) is 37.8 Å². The van der Waals surface area contributed by atoms with E-state index >= 15 is 0 Å². The highest BCUT2D eigenvalue weighted by Crippen LogP contribution is 2.25. The molecule has 96 valence electrons. The minimum absolute atomic E-state index is 0.0691. The molecular formula is C14H17NO2S. The number of aliphatic hydroxyl groups is 1. The van der Waals surface area contributed by atoms with E-state index in [1.807, 2.05) is 44.2 Å². The molecule has 4 heteroatoms. The molecule has 0 spiro atoms. The van der Waals surface area contributed by atoms with E-state index in [2.05, 4.69) is 5.32 Å². The van der Waals surface area contributed by atoms with E-state index in [1.165, 1.54) is 11.3 Å². The summed E-state index contributed by atoms with van der Waals surface area (Å²) in [6.45, 7) is 3.89. The molecule has 0 aliphatic heterocycles. The van der Waals surface area contributed by atoms with Crippen LogP contribution in [0.1, 0.15) is 29.9 Å². The number of benzene rings is 1. The Bertz CT molecular complexity index is 527. The third kappa shape index (κ3) is 2.89. The highest BCUT2D eigenvalue weighted by molar-refractivity contribution is 7.20. The van der Waals surface area contributed by atoms with Crippen LogP contribution in [-0.4, -0.2) is 23.2 Å². The maximum atomic E-state index is 12.1. The van der Waals surface area contributed by atoms with Gasteiger partial charge in [-0.15, -0.1) is 11.3 Å². The van der Waals surface area contributed by atoms with Gasteiger partial charge in [-0.3, -0.25) is 4.79 Å². The number of amides is 1. The number of nitrogens with one attached hydrogen (secondary N) is 1. The van der Waals surface area contributed by atoms with Gasteiger partial charge in [0, 0.05) is 16.8 Å². The zero-order valence-corrected chi connectivity index (χ0v) is 11.4. The lowest BCUT2D eigenvalue weighted by molar-refractivity contribution is 0.0904. The monoisotopic (exact) mass is 263 g/mol.